The predicted octanol–water partition coefficient (Wildman–Crippen LogP) is 2.25. The van der Waals surface area contributed by atoms with Gasteiger partial charge >= 0.3 is 0 Å². The van der Waals surface area contributed by atoms with E-state index in [0.29, 0.717) is 19.3 Å². The summed E-state index contributed by atoms with van der Waals surface area (Å²) >= 11 is 0. The third-order valence-electron chi connectivity index (χ3n) is 2.69. The second-order valence-electron chi connectivity index (χ2n) is 3.82. The van der Waals surface area contributed by atoms with E-state index in [-0.39, 0.29) is 0 Å². The molecular formula is C11H22O2. The number of hydrogen-bond donors (Lipinski definition) is 2. The van der Waals surface area contributed by atoms with Gasteiger partial charge in [0.25, 0.3) is 0 Å². The zero-order chi connectivity index (χ0) is 10.5. The quantitative estimate of drug-likeness (QED) is 0.625. The summed E-state index contributed by atoms with van der Waals surface area (Å²) in [6.07, 6.45) is 1.96. The topological polar surface area (TPSA) is 40.5 Å². The van der Waals surface area contributed by atoms with Crippen molar-refractivity contribution in [3.05, 3.63) is 12.2 Å². The van der Waals surface area contributed by atoms with Crippen LogP contribution < -0.4 is 0 Å². The first-order valence-electron chi connectivity index (χ1n) is 5.01. The molecule has 0 rings (SSSR count). The maximum Gasteiger partial charge on any atom is 0.0900 e. The second kappa shape index (κ2) is 5.40. The van der Waals surface area contributed by atoms with E-state index < -0.39 is 11.7 Å². The maximum absolute atomic E-state index is 9.93. The highest BCUT2D eigenvalue weighted by Crippen LogP contribution is 2.23. The van der Waals surface area contributed by atoms with Crippen molar-refractivity contribution in [2.24, 2.45) is 0 Å². The van der Waals surface area contributed by atoms with Crippen LogP contribution in [0.2, 0.25) is 0 Å². The van der Waals surface area contributed by atoms with E-state index in [0.717, 1.165) is 12.0 Å². The van der Waals surface area contributed by atoms with Crippen LogP contribution in [0.25, 0.3) is 0 Å². The van der Waals surface area contributed by atoms with Crippen molar-refractivity contribution in [1.82, 2.24) is 0 Å². The van der Waals surface area contributed by atoms with Crippen molar-refractivity contribution in [2.75, 3.05) is 0 Å². The van der Waals surface area contributed by atoms with Crippen LogP contribution in [0, 0.1) is 0 Å². The minimum absolute atomic E-state index is 0.598. The molecule has 0 saturated carbocycles. The average Bonchev–Trinajstić information content (AvgIpc) is 2.12. The normalized spacial score (nSPS) is 14.2. The molecule has 0 aromatic carbocycles. The molecule has 1 atom stereocenters. The number of rotatable bonds is 6. The smallest absolute Gasteiger partial charge is 0.0900 e. The van der Waals surface area contributed by atoms with Gasteiger partial charge < -0.3 is 10.2 Å². The molecule has 0 heterocycles. The van der Waals surface area contributed by atoms with E-state index in [1.54, 1.807) is 0 Å². The minimum atomic E-state index is -0.907. The lowest BCUT2D eigenvalue weighted by molar-refractivity contribution is -0.0824. The standard InChI is InChI=1S/C11H22O2/c1-5-11(13,6-2)10(12)8-7-9(3)4/h10,12-13H,3,5-8H2,1-2,4H3. The highest BCUT2D eigenvalue weighted by Gasteiger charge is 2.30. The van der Waals surface area contributed by atoms with Gasteiger partial charge in [-0.25, -0.2) is 0 Å². The van der Waals surface area contributed by atoms with Gasteiger partial charge in [0, 0.05) is 0 Å². The lowest BCUT2D eigenvalue weighted by atomic mass is 9.87. The Morgan fingerprint density at radius 1 is 1.38 bits per heavy atom. The average molecular weight is 186 g/mol. The van der Waals surface area contributed by atoms with Crippen LogP contribution in [0.15, 0.2) is 12.2 Å². The fourth-order valence-electron chi connectivity index (χ4n) is 1.37. The number of aliphatic hydroxyl groups is 2. The molecule has 0 fully saturated rings. The van der Waals surface area contributed by atoms with Crippen LogP contribution in [0.5, 0.6) is 0 Å². The van der Waals surface area contributed by atoms with Crippen molar-refractivity contribution >= 4 is 0 Å². The molecule has 0 radical (unpaired) electrons. The molecular weight excluding hydrogens is 164 g/mol. The molecule has 0 aromatic rings. The van der Waals surface area contributed by atoms with Gasteiger partial charge in [0.1, 0.15) is 0 Å². The number of aliphatic hydroxyl groups excluding tert-OH is 1. The molecule has 0 amide bonds. The van der Waals surface area contributed by atoms with E-state index >= 15 is 0 Å². The molecule has 0 aromatic heterocycles. The first-order valence-corrected chi connectivity index (χ1v) is 5.01. The van der Waals surface area contributed by atoms with Crippen LogP contribution in [0.3, 0.4) is 0 Å². The largest absolute Gasteiger partial charge is 0.390 e. The van der Waals surface area contributed by atoms with Crippen LogP contribution in [-0.4, -0.2) is 21.9 Å². The van der Waals surface area contributed by atoms with Crippen LogP contribution in [0.4, 0.5) is 0 Å². The van der Waals surface area contributed by atoms with E-state index in [2.05, 4.69) is 6.58 Å². The molecule has 13 heavy (non-hydrogen) atoms. The summed E-state index contributed by atoms with van der Waals surface area (Å²) in [5.41, 5.74) is 0.142. The fourth-order valence-corrected chi connectivity index (χ4v) is 1.37. The first-order chi connectivity index (χ1) is 5.96. The van der Waals surface area contributed by atoms with E-state index in [1.807, 2.05) is 20.8 Å². The molecule has 2 N–H and O–H groups in total. The maximum atomic E-state index is 9.93. The Hall–Kier alpha value is -0.340. The van der Waals surface area contributed by atoms with Gasteiger partial charge in [-0.05, 0) is 32.6 Å². The molecule has 0 saturated heterocycles. The Bertz CT molecular complexity index is 159. The van der Waals surface area contributed by atoms with E-state index in [4.69, 9.17) is 0 Å². The Balaban J connectivity index is 4.06. The molecule has 0 spiro atoms. The second-order valence-corrected chi connectivity index (χ2v) is 3.82. The highest BCUT2D eigenvalue weighted by molar-refractivity contribution is 4.92. The lowest BCUT2D eigenvalue weighted by Gasteiger charge is -2.31. The van der Waals surface area contributed by atoms with Gasteiger partial charge in [-0.15, -0.1) is 6.58 Å². The molecule has 2 nitrogen and oxygen atoms in total. The monoisotopic (exact) mass is 186 g/mol. The van der Waals surface area contributed by atoms with Crippen LogP contribution >= 0.6 is 0 Å². The number of allylic oxidation sites excluding steroid dienone is 1. The Morgan fingerprint density at radius 2 is 1.85 bits per heavy atom. The van der Waals surface area contributed by atoms with Crippen molar-refractivity contribution in [1.29, 1.82) is 0 Å². The van der Waals surface area contributed by atoms with Gasteiger partial charge in [0.2, 0.25) is 0 Å². The van der Waals surface area contributed by atoms with Crippen LogP contribution in [0.1, 0.15) is 46.5 Å². The highest BCUT2D eigenvalue weighted by atomic mass is 16.3. The van der Waals surface area contributed by atoms with Crippen molar-refractivity contribution in [2.45, 2.75) is 58.2 Å². The zero-order valence-corrected chi connectivity index (χ0v) is 9.01. The lowest BCUT2D eigenvalue weighted by Crippen LogP contribution is -2.41. The molecule has 2 heteroatoms. The van der Waals surface area contributed by atoms with Crippen molar-refractivity contribution < 1.29 is 10.2 Å². The Labute approximate surface area is 81.3 Å². The Morgan fingerprint density at radius 3 is 2.15 bits per heavy atom. The summed E-state index contributed by atoms with van der Waals surface area (Å²) in [5, 5.41) is 19.7. The molecule has 78 valence electrons. The van der Waals surface area contributed by atoms with Gasteiger partial charge in [0.05, 0.1) is 11.7 Å². The molecule has 1 unspecified atom stereocenters. The summed E-state index contributed by atoms with van der Waals surface area (Å²) < 4.78 is 0. The summed E-state index contributed by atoms with van der Waals surface area (Å²) in [4.78, 5) is 0. The van der Waals surface area contributed by atoms with Crippen molar-refractivity contribution in [3.63, 3.8) is 0 Å². The summed E-state index contributed by atoms with van der Waals surface area (Å²) in [5.74, 6) is 0. The molecule has 0 aliphatic rings. The molecule has 0 bridgehead atoms. The fraction of sp³-hybridized carbons (Fsp3) is 0.818. The van der Waals surface area contributed by atoms with Gasteiger partial charge in [-0.1, -0.05) is 19.4 Å². The zero-order valence-electron chi connectivity index (χ0n) is 9.01. The SMILES string of the molecule is C=C(C)CCC(O)C(O)(CC)CC. The van der Waals surface area contributed by atoms with Crippen LogP contribution in [-0.2, 0) is 0 Å². The van der Waals surface area contributed by atoms with E-state index in [9.17, 15) is 10.2 Å². The molecule has 0 aliphatic carbocycles. The first kappa shape index (κ1) is 12.7. The van der Waals surface area contributed by atoms with Gasteiger partial charge in [-0.3, -0.25) is 0 Å². The minimum Gasteiger partial charge on any atom is -0.390 e. The summed E-state index contributed by atoms with van der Waals surface area (Å²) in [6, 6.07) is 0. The van der Waals surface area contributed by atoms with Gasteiger partial charge in [0.15, 0.2) is 0 Å². The van der Waals surface area contributed by atoms with Gasteiger partial charge in [-0.2, -0.15) is 0 Å². The van der Waals surface area contributed by atoms with Crippen molar-refractivity contribution in [3.8, 4) is 0 Å². The summed E-state index contributed by atoms with van der Waals surface area (Å²) in [7, 11) is 0. The number of hydrogen-bond acceptors (Lipinski definition) is 2. The molecule has 0 aliphatic heterocycles. The predicted molar refractivity (Wildman–Crippen MR) is 55.6 cm³/mol. The third-order valence-corrected chi connectivity index (χ3v) is 2.69. The Kier molecular flexibility index (Phi) is 5.26. The summed E-state index contributed by atoms with van der Waals surface area (Å²) in [6.45, 7) is 9.49. The van der Waals surface area contributed by atoms with E-state index in [1.165, 1.54) is 0 Å². The third kappa shape index (κ3) is 3.92.